The third-order valence-electron chi connectivity index (χ3n) is 9.82. The van der Waals surface area contributed by atoms with E-state index in [0.717, 1.165) is 12.8 Å². The summed E-state index contributed by atoms with van der Waals surface area (Å²) in [5, 5.41) is 9.37. The molecule has 0 spiro atoms. The van der Waals surface area contributed by atoms with Crippen molar-refractivity contribution in [2.45, 2.75) is 88.1 Å². The van der Waals surface area contributed by atoms with Crippen molar-refractivity contribution in [2.24, 2.45) is 5.92 Å². The van der Waals surface area contributed by atoms with E-state index >= 15 is 8.78 Å². The summed E-state index contributed by atoms with van der Waals surface area (Å²) < 4.78 is 92.8. The zero-order chi connectivity index (χ0) is 29.5. The van der Waals surface area contributed by atoms with Gasteiger partial charge in [-0.1, -0.05) is 30.3 Å². The monoisotopic (exact) mass is 588 g/mol. The Labute approximate surface area is 241 Å². The summed E-state index contributed by atoms with van der Waals surface area (Å²) in [7, 11) is 0. The Morgan fingerprint density at radius 2 is 0.976 bits per heavy atom. The van der Waals surface area contributed by atoms with Gasteiger partial charge in [0, 0.05) is 5.56 Å². The maximum Gasteiger partial charge on any atom is 0.200 e. The summed E-state index contributed by atoms with van der Waals surface area (Å²) in [6, 6.07) is 9.17. The highest BCUT2D eigenvalue weighted by Crippen LogP contribution is 2.44. The number of hydrogen-bond donors (Lipinski definition) is 1. The lowest BCUT2D eigenvalue weighted by Gasteiger charge is -2.30. The molecule has 8 heteroatoms. The molecule has 2 aliphatic carbocycles. The number of phenols is 1. The molecule has 0 aromatic heterocycles. The van der Waals surface area contributed by atoms with Crippen LogP contribution in [-0.2, 0) is 11.2 Å². The van der Waals surface area contributed by atoms with Gasteiger partial charge in [0.25, 0.3) is 0 Å². The van der Waals surface area contributed by atoms with Crippen LogP contribution in [0.3, 0.4) is 0 Å². The van der Waals surface area contributed by atoms with Crippen molar-refractivity contribution in [3.63, 3.8) is 0 Å². The molecule has 1 unspecified atom stereocenters. The largest absolute Gasteiger partial charge is 0.505 e. The standard InChI is InChI=1S/C34H34F6O2/c35-29-22(6-3-18-1-4-19(5-2-18)25-15-16-27(41)34(40)32(25)38)11-12-23(30(29)36)20-7-9-21(10-8-20)24-13-14-26(28-17-42-28)33(39)31(24)37/h11-16,18-21,28,41H,1-10,17H2. The van der Waals surface area contributed by atoms with Crippen LogP contribution < -0.4 is 0 Å². The molecular weight excluding hydrogens is 554 g/mol. The molecule has 3 aromatic rings. The normalized spacial score (nSPS) is 25.9. The lowest BCUT2D eigenvalue weighted by atomic mass is 9.75. The SMILES string of the molecule is Oc1ccc(C2CCC(CCc3ccc(C4CCC(c5ccc(C6CO6)c(F)c5F)CC4)c(F)c3F)CC2)c(F)c1F. The summed E-state index contributed by atoms with van der Waals surface area (Å²) in [5.41, 5.74) is 1.53. The van der Waals surface area contributed by atoms with Gasteiger partial charge in [0.2, 0.25) is 5.82 Å². The fourth-order valence-corrected chi connectivity index (χ4v) is 7.19. The first-order valence-corrected chi connectivity index (χ1v) is 15.0. The maximum atomic E-state index is 15.2. The quantitative estimate of drug-likeness (QED) is 0.220. The van der Waals surface area contributed by atoms with Gasteiger partial charge in [-0.05, 0) is 116 Å². The number of halogens is 6. The molecule has 1 saturated heterocycles. The van der Waals surface area contributed by atoms with Crippen molar-refractivity contribution >= 4 is 0 Å². The van der Waals surface area contributed by atoms with E-state index in [4.69, 9.17) is 4.74 Å². The Kier molecular flexibility index (Phi) is 8.27. The van der Waals surface area contributed by atoms with E-state index in [1.54, 1.807) is 24.3 Å². The third-order valence-corrected chi connectivity index (χ3v) is 9.82. The molecule has 1 aliphatic heterocycles. The minimum absolute atomic E-state index is 0.132. The number of hydrogen-bond acceptors (Lipinski definition) is 2. The van der Waals surface area contributed by atoms with Gasteiger partial charge in [-0.15, -0.1) is 0 Å². The average molecular weight is 589 g/mol. The number of aryl methyl sites for hydroxylation is 1. The fraction of sp³-hybridized carbons (Fsp3) is 0.471. The minimum Gasteiger partial charge on any atom is -0.505 e. The molecule has 42 heavy (non-hydrogen) atoms. The van der Waals surface area contributed by atoms with E-state index in [2.05, 4.69) is 0 Å². The molecule has 0 bridgehead atoms. The molecule has 6 rings (SSSR count). The van der Waals surface area contributed by atoms with Crippen molar-refractivity contribution in [1.82, 2.24) is 0 Å². The second-order valence-corrected chi connectivity index (χ2v) is 12.2. The first kappa shape index (κ1) is 29.1. The zero-order valence-electron chi connectivity index (χ0n) is 23.3. The first-order valence-electron chi connectivity index (χ1n) is 15.0. The Morgan fingerprint density at radius 1 is 0.548 bits per heavy atom. The lowest BCUT2D eigenvalue weighted by Crippen LogP contribution is -2.17. The molecule has 0 amide bonds. The summed E-state index contributed by atoms with van der Waals surface area (Å²) in [6.45, 7) is 0.399. The molecule has 2 saturated carbocycles. The molecule has 3 fully saturated rings. The number of ether oxygens (including phenoxy) is 1. The number of benzene rings is 3. The van der Waals surface area contributed by atoms with E-state index in [9.17, 15) is 22.7 Å². The second-order valence-electron chi connectivity index (χ2n) is 12.2. The molecule has 1 N–H and O–H groups in total. The smallest absolute Gasteiger partial charge is 0.200 e. The van der Waals surface area contributed by atoms with Crippen LogP contribution in [0.4, 0.5) is 26.3 Å². The van der Waals surface area contributed by atoms with Gasteiger partial charge in [-0.2, -0.15) is 4.39 Å². The van der Waals surface area contributed by atoms with Crippen molar-refractivity contribution < 1.29 is 36.2 Å². The van der Waals surface area contributed by atoms with Crippen LogP contribution >= 0.6 is 0 Å². The number of rotatable bonds is 7. The van der Waals surface area contributed by atoms with Crippen molar-refractivity contribution in [2.75, 3.05) is 6.61 Å². The molecule has 1 atom stereocenters. The van der Waals surface area contributed by atoms with E-state index in [1.165, 1.54) is 12.1 Å². The fourth-order valence-electron chi connectivity index (χ4n) is 7.19. The van der Waals surface area contributed by atoms with Crippen LogP contribution in [-0.4, -0.2) is 11.7 Å². The maximum absolute atomic E-state index is 15.2. The highest BCUT2D eigenvalue weighted by molar-refractivity contribution is 5.34. The lowest BCUT2D eigenvalue weighted by molar-refractivity contribution is 0.302. The molecule has 3 aromatic carbocycles. The zero-order valence-corrected chi connectivity index (χ0v) is 23.3. The van der Waals surface area contributed by atoms with Crippen LogP contribution in [0, 0.1) is 40.8 Å². The Balaban J connectivity index is 1.03. The van der Waals surface area contributed by atoms with Gasteiger partial charge < -0.3 is 9.84 Å². The van der Waals surface area contributed by atoms with Crippen molar-refractivity contribution in [1.29, 1.82) is 0 Å². The number of phenolic OH excluding ortho intramolecular Hbond substituents is 1. The van der Waals surface area contributed by atoms with Crippen LogP contribution in [0.25, 0.3) is 0 Å². The minimum atomic E-state index is -1.22. The van der Waals surface area contributed by atoms with E-state index in [0.29, 0.717) is 74.7 Å². The van der Waals surface area contributed by atoms with E-state index in [-0.39, 0.29) is 40.9 Å². The first-order chi connectivity index (χ1) is 20.2. The average Bonchev–Trinajstić information content (AvgIpc) is 3.84. The van der Waals surface area contributed by atoms with Gasteiger partial charge in [-0.3, -0.25) is 0 Å². The van der Waals surface area contributed by atoms with Gasteiger partial charge in [-0.25, -0.2) is 22.0 Å². The van der Waals surface area contributed by atoms with Crippen LogP contribution in [0.1, 0.15) is 109 Å². The predicted molar refractivity (Wildman–Crippen MR) is 146 cm³/mol. The van der Waals surface area contributed by atoms with E-state index < -0.39 is 40.7 Å². The Morgan fingerprint density at radius 3 is 1.55 bits per heavy atom. The molecule has 224 valence electrons. The van der Waals surface area contributed by atoms with Gasteiger partial charge >= 0.3 is 0 Å². The predicted octanol–water partition coefficient (Wildman–Crippen LogP) is 9.65. The Hall–Kier alpha value is -3.00. The van der Waals surface area contributed by atoms with Crippen molar-refractivity contribution in [3.8, 4) is 5.75 Å². The van der Waals surface area contributed by atoms with Gasteiger partial charge in [0.15, 0.2) is 34.8 Å². The van der Waals surface area contributed by atoms with E-state index in [1.807, 2.05) is 0 Å². The molecular formula is C34H34F6O2. The summed E-state index contributed by atoms with van der Waals surface area (Å²) in [6.07, 6.45) is 5.83. The molecule has 3 aliphatic rings. The van der Waals surface area contributed by atoms with Crippen LogP contribution in [0.5, 0.6) is 5.75 Å². The highest BCUT2D eigenvalue weighted by atomic mass is 19.2. The number of aromatic hydroxyl groups is 1. The van der Waals surface area contributed by atoms with Crippen LogP contribution in [0.2, 0.25) is 0 Å². The summed E-state index contributed by atoms with van der Waals surface area (Å²) >= 11 is 0. The Bertz CT molecular complexity index is 1450. The highest BCUT2D eigenvalue weighted by Gasteiger charge is 2.33. The van der Waals surface area contributed by atoms with Gasteiger partial charge in [0.1, 0.15) is 6.10 Å². The van der Waals surface area contributed by atoms with Crippen molar-refractivity contribution in [3.05, 3.63) is 99.1 Å². The summed E-state index contributed by atoms with van der Waals surface area (Å²) in [4.78, 5) is 0. The van der Waals surface area contributed by atoms with Gasteiger partial charge in [0.05, 0.1) is 6.61 Å². The summed E-state index contributed by atoms with van der Waals surface area (Å²) in [5.74, 6) is -6.45. The van der Waals surface area contributed by atoms with Crippen LogP contribution in [0.15, 0.2) is 36.4 Å². The molecule has 0 radical (unpaired) electrons. The topological polar surface area (TPSA) is 32.8 Å². The molecule has 1 heterocycles. The number of epoxide rings is 1. The third kappa shape index (κ3) is 5.67. The second kappa shape index (κ2) is 11.9. The molecule has 2 nitrogen and oxygen atoms in total.